The Morgan fingerprint density at radius 1 is 1.52 bits per heavy atom. The molecule has 0 aliphatic carbocycles. The number of nitrogen functional groups attached to an aromatic ring is 1. The predicted molar refractivity (Wildman–Crippen MR) is 60.8 cm³/mol. The monoisotopic (exact) mass is 311 g/mol. The molecule has 0 spiro atoms. The van der Waals surface area contributed by atoms with E-state index >= 15 is 0 Å². The van der Waals surface area contributed by atoms with Crippen molar-refractivity contribution >= 4 is 5.82 Å². The van der Waals surface area contributed by atoms with E-state index in [-0.39, 0.29) is 0 Å². The number of aliphatic hydroxyl groups is 3. The Morgan fingerprint density at radius 2 is 2.14 bits per heavy atom. The number of aliphatic hydroxyl groups excluding tert-OH is 3. The van der Waals surface area contributed by atoms with E-state index in [0.29, 0.717) is 10.8 Å². The Morgan fingerprint density at radius 3 is 2.62 bits per heavy atom. The smallest absolute Gasteiger partial charge is 0.351 e. The van der Waals surface area contributed by atoms with Crippen molar-refractivity contribution in [2.24, 2.45) is 0 Å². The minimum Gasteiger partial charge on any atom is -0.393 e. The Hall–Kier alpha value is -1.69. The van der Waals surface area contributed by atoms with Crippen LogP contribution in [0.5, 0.6) is 0 Å². The first-order valence-corrected chi connectivity index (χ1v) is 5.71. The molecule has 118 valence electrons. The molecule has 21 heavy (non-hydrogen) atoms. The van der Waals surface area contributed by atoms with Gasteiger partial charge in [-0.1, -0.05) is 0 Å². The van der Waals surface area contributed by atoms with Crippen molar-refractivity contribution in [1.29, 1.82) is 0 Å². The number of ether oxygens (including phenoxy) is 1. The molecule has 0 amide bonds. The quantitative estimate of drug-likeness (QED) is 0.518. The van der Waals surface area contributed by atoms with E-state index in [1.807, 2.05) is 0 Å². The number of aromatic nitrogens is 2. The van der Waals surface area contributed by atoms with Gasteiger partial charge in [0, 0.05) is 0 Å². The first kappa shape index (κ1) is 15.7. The maximum Gasteiger partial charge on any atom is 0.351 e. The van der Waals surface area contributed by atoms with Crippen molar-refractivity contribution in [2.75, 3.05) is 12.3 Å². The van der Waals surface area contributed by atoms with Gasteiger partial charge in [-0.25, -0.2) is 18.0 Å². The number of halogens is 3. The molecule has 0 radical (unpaired) electrons. The molecule has 2 heterocycles. The first-order chi connectivity index (χ1) is 9.74. The van der Waals surface area contributed by atoms with Gasteiger partial charge in [0.25, 0.3) is 6.43 Å². The summed E-state index contributed by atoms with van der Waals surface area (Å²) in [6.45, 7) is -1.32. The number of nitrogens with zero attached hydrogens (tertiary/aromatic N) is 2. The third-order valence-corrected chi connectivity index (χ3v) is 3.28. The van der Waals surface area contributed by atoms with Gasteiger partial charge in [0.2, 0.25) is 0 Å². The second-order valence-corrected chi connectivity index (χ2v) is 4.52. The Bertz CT molecular complexity index is 598. The lowest BCUT2D eigenvalue weighted by molar-refractivity contribution is -0.196. The number of hydrogen-bond acceptors (Lipinski definition) is 7. The molecule has 4 atom stereocenters. The zero-order valence-corrected chi connectivity index (χ0v) is 10.4. The average Bonchev–Trinajstić information content (AvgIpc) is 2.68. The fourth-order valence-electron chi connectivity index (χ4n) is 2.05. The maximum atomic E-state index is 13.3. The summed E-state index contributed by atoms with van der Waals surface area (Å²) in [5, 5.41) is 28.4. The van der Waals surface area contributed by atoms with Crippen molar-refractivity contribution < 1.29 is 33.2 Å². The fraction of sp³-hybridized carbons (Fsp3) is 0.600. The first-order valence-electron chi connectivity index (χ1n) is 5.71. The Kier molecular flexibility index (Phi) is 3.93. The zero-order chi connectivity index (χ0) is 15.9. The van der Waals surface area contributed by atoms with Gasteiger partial charge < -0.3 is 25.8 Å². The van der Waals surface area contributed by atoms with Crippen molar-refractivity contribution in [3.8, 4) is 0 Å². The summed E-state index contributed by atoms with van der Waals surface area (Å²) < 4.78 is 44.5. The van der Waals surface area contributed by atoms with E-state index in [2.05, 4.69) is 4.98 Å². The molecule has 1 fully saturated rings. The molecule has 11 heteroatoms. The predicted octanol–water partition coefficient (Wildman–Crippen LogP) is -1.79. The molecular formula is C10H12F3N3O5. The van der Waals surface area contributed by atoms with Gasteiger partial charge in [-0.3, -0.25) is 4.57 Å². The Balaban J connectivity index is 2.47. The van der Waals surface area contributed by atoms with Crippen molar-refractivity contribution in [2.45, 2.75) is 30.5 Å². The summed E-state index contributed by atoms with van der Waals surface area (Å²) in [6, 6.07) is 0. The second-order valence-electron chi connectivity index (χ2n) is 4.52. The minimum absolute atomic E-state index is 0.374. The van der Waals surface area contributed by atoms with Crippen LogP contribution in [-0.2, 0) is 4.74 Å². The average molecular weight is 311 g/mol. The number of nitrogens with two attached hydrogens (primary N) is 1. The fourth-order valence-corrected chi connectivity index (χ4v) is 2.05. The topological polar surface area (TPSA) is 131 Å². The molecule has 1 aromatic rings. The molecule has 8 nitrogen and oxygen atoms in total. The van der Waals surface area contributed by atoms with Gasteiger partial charge in [-0.05, 0) is 0 Å². The maximum absolute atomic E-state index is 13.3. The van der Waals surface area contributed by atoms with Crippen LogP contribution in [0.2, 0.25) is 0 Å². The van der Waals surface area contributed by atoms with E-state index in [4.69, 9.17) is 15.6 Å². The van der Waals surface area contributed by atoms with Crippen LogP contribution in [0.15, 0.2) is 11.0 Å². The van der Waals surface area contributed by atoms with E-state index in [1.165, 1.54) is 0 Å². The molecule has 2 unspecified atom stereocenters. The lowest BCUT2D eigenvalue weighted by atomic mass is 9.96. The third-order valence-electron chi connectivity index (χ3n) is 3.28. The number of rotatable bonds is 3. The van der Waals surface area contributed by atoms with Crippen LogP contribution in [0, 0.1) is 5.82 Å². The lowest BCUT2D eigenvalue weighted by Crippen LogP contribution is -2.52. The molecule has 5 N–H and O–H groups in total. The van der Waals surface area contributed by atoms with Crippen LogP contribution in [0.25, 0.3) is 0 Å². The van der Waals surface area contributed by atoms with Gasteiger partial charge in [0.15, 0.2) is 23.5 Å². The van der Waals surface area contributed by atoms with E-state index in [1.54, 1.807) is 0 Å². The highest BCUT2D eigenvalue weighted by Crippen LogP contribution is 2.40. The summed E-state index contributed by atoms with van der Waals surface area (Å²) in [7, 11) is 0. The van der Waals surface area contributed by atoms with Crippen LogP contribution in [0.3, 0.4) is 0 Å². The second kappa shape index (κ2) is 5.26. The van der Waals surface area contributed by atoms with Crippen LogP contribution < -0.4 is 11.4 Å². The van der Waals surface area contributed by atoms with Crippen molar-refractivity contribution in [3.63, 3.8) is 0 Å². The van der Waals surface area contributed by atoms with Crippen molar-refractivity contribution in [1.82, 2.24) is 9.55 Å². The van der Waals surface area contributed by atoms with Crippen molar-refractivity contribution in [3.05, 3.63) is 22.5 Å². The number of hydrogen-bond donors (Lipinski definition) is 4. The number of anilines is 1. The van der Waals surface area contributed by atoms with Gasteiger partial charge >= 0.3 is 5.69 Å². The SMILES string of the molecule is Nc1nc(=O)n([C@@H]2O[C@@](CO)(C(F)F)C(O)C2O)cc1F. The van der Waals surface area contributed by atoms with Gasteiger partial charge in [0.1, 0.15) is 12.2 Å². The van der Waals surface area contributed by atoms with E-state index in [9.17, 15) is 28.2 Å². The van der Waals surface area contributed by atoms with E-state index in [0.717, 1.165) is 0 Å². The van der Waals surface area contributed by atoms with E-state index < -0.39 is 54.4 Å². The van der Waals surface area contributed by atoms with Gasteiger partial charge in [-0.2, -0.15) is 4.98 Å². The summed E-state index contributed by atoms with van der Waals surface area (Å²) in [5.74, 6) is -1.86. The summed E-state index contributed by atoms with van der Waals surface area (Å²) in [5.41, 5.74) is 1.10. The third kappa shape index (κ3) is 2.27. The molecule has 2 rings (SSSR count). The standard InChI is InChI=1S/C10H12F3N3O5/c11-3-1-16(9(20)15-6(3)14)7-4(18)5(19)10(2-17,21-7)8(12)13/h1,4-5,7-8,17-19H,2H2,(H2,14,15,20)/t4?,5?,7-,10-/m1/s1. The van der Waals surface area contributed by atoms with Gasteiger partial charge in [-0.15, -0.1) is 0 Å². The van der Waals surface area contributed by atoms with Crippen LogP contribution in [0.4, 0.5) is 19.0 Å². The van der Waals surface area contributed by atoms with Gasteiger partial charge in [0.05, 0.1) is 12.8 Å². The molecular weight excluding hydrogens is 299 g/mol. The molecule has 0 bridgehead atoms. The van der Waals surface area contributed by atoms with Crippen LogP contribution in [-0.4, -0.2) is 55.7 Å². The molecule has 1 aromatic heterocycles. The van der Waals surface area contributed by atoms with Crippen LogP contribution >= 0.6 is 0 Å². The lowest BCUT2D eigenvalue weighted by Gasteiger charge is -2.28. The van der Waals surface area contributed by atoms with Crippen LogP contribution in [0.1, 0.15) is 6.23 Å². The molecule has 1 aliphatic heterocycles. The molecule has 1 saturated heterocycles. The summed E-state index contributed by atoms with van der Waals surface area (Å²) in [4.78, 5) is 14.7. The summed E-state index contributed by atoms with van der Waals surface area (Å²) in [6.07, 6.45) is -8.91. The largest absolute Gasteiger partial charge is 0.393 e. The Labute approximate surface area is 115 Å². The highest BCUT2D eigenvalue weighted by Gasteiger charge is 2.60. The molecule has 0 aromatic carbocycles. The molecule has 0 saturated carbocycles. The highest BCUT2D eigenvalue weighted by molar-refractivity contribution is 5.26. The molecule has 1 aliphatic rings. The normalized spacial score (nSPS) is 32.8. The summed E-state index contributed by atoms with van der Waals surface area (Å²) >= 11 is 0. The highest BCUT2D eigenvalue weighted by atomic mass is 19.3. The minimum atomic E-state index is -3.36. The zero-order valence-electron chi connectivity index (χ0n) is 10.4. The number of alkyl halides is 2.